The molecule has 0 radical (unpaired) electrons. The van der Waals surface area contributed by atoms with Gasteiger partial charge in [-0.05, 0) is 62.7 Å². The molecule has 0 unspecified atom stereocenters. The first-order chi connectivity index (χ1) is 18.6. The Labute approximate surface area is 234 Å². The fourth-order valence-electron chi connectivity index (χ4n) is 5.72. The summed E-state index contributed by atoms with van der Waals surface area (Å²) in [4.78, 5) is 34.9. The van der Waals surface area contributed by atoms with Gasteiger partial charge in [0.25, 0.3) is 11.8 Å². The first kappa shape index (κ1) is 25.4. The van der Waals surface area contributed by atoms with Gasteiger partial charge in [-0.3, -0.25) is 14.5 Å². The van der Waals surface area contributed by atoms with Crippen LogP contribution in [0.2, 0.25) is 10.0 Å². The number of nitrogens with zero attached hydrogens (tertiary/aromatic N) is 3. The molecule has 1 spiro atoms. The number of nitrogens with one attached hydrogen (secondary N) is 1. The average molecular weight is 565 g/mol. The third-order valence-electron chi connectivity index (χ3n) is 7.28. The number of benzene rings is 3. The van der Waals surface area contributed by atoms with E-state index in [0.717, 1.165) is 5.56 Å². The summed E-state index contributed by atoms with van der Waals surface area (Å²) in [5.41, 5.74) is 1.45. The number of imidazole rings is 1. The summed E-state index contributed by atoms with van der Waals surface area (Å²) >= 11 is 12.7. The zero-order chi connectivity index (χ0) is 27.8. The van der Waals surface area contributed by atoms with E-state index in [2.05, 4.69) is 5.32 Å². The van der Waals surface area contributed by atoms with E-state index in [4.69, 9.17) is 32.9 Å². The average Bonchev–Trinajstić information content (AvgIpc) is 3.49. The molecule has 3 heterocycles. The van der Waals surface area contributed by atoms with E-state index in [0.29, 0.717) is 44.1 Å². The number of ether oxygens (including phenoxy) is 1. The second kappa shape index (κ2) is 8.83. The Kier molecular flexibility index (Phi) is 5.75. The number of aryl methyl sites for hydroxylation is 1. The lowest BCUT2D eigenvalue weighted by Gasteiger charge is -2.36. The molecule has 1 atom stereocenters. The van der Waals surface area contributed by atoms with Crippen molar-refractivity contribution in [2.45, 2.75) is 32.4 Å². The van der Waals surface area contributed by atoms with E-state index < -0.39 is 23.2 Å². The van der Waals surface area contributed by atoms with Gasteiger partial charge in [0, 0.05) is 27.3 Å². The monoisotopic (exact) mass is 564 g/mol. The number of para-hydroxylation sites is 1. The second-order valence-corrected chi connectivity index (χ2v) is 10.7. The van der Waals surface area contributed by atoms with Crippen molar-refractivity contribution < 1.29 is 18.7 Å². The zero-order valence-corrected chi connectivity index (χ0v) is 23.0. The van der Waals surface area contributed by atoms with Crippen molar-refractivity contribution in [2.24, 2.45) is 0 Å². The second-order valence-electron chi connectivity index (χ2n) is 9.84. The summed E-state index contributed by atoms with van der Waals surface area (Å²) < 4.78 is 22.0. The fourth-order valence-corrected chi connectivity index (χ4v) is 6.06. The van der Waals surface area contributed by atoms with Gasteiger partial charge < -0.3 is 14.6 Å². The van der Waals surface area contributed by atoms with Crippen molar-refractivity contribution in [1.82, 2.24) is 9.55 Å². The van der Waals surface area contributed by atoms with Crippen LogP contribution >= 0.6 is 23.2 Å². The number of hydrogen-bond acceptors (Lipinski definition) is 4. The van der Waals surface area contributed by atoms with Crippen LogP contribution in [0, 0.1) is 12.7 Å². The number of methoxy groups -OCH3 is 1. The van der Waals surface area contributed by atoms with Gasteiger partial charge >= 0.3 is 0 Å². The van der Waals surface area contributed by atoms with Crippen LogP contribution in [0.15, 0.2) is 54.6 Å². The minimum atomic E-state index is -1.63. The molecule has 39 heavy (non-hydrogen) atoms. The van der Waals surface area contributed by atoms with Crippen LogP contribution < -0.4 is 15.0 Å². The van der Waals surface area contributed by atoms with E-state index in [1.807, 2.05) is 25.3 Å². The molecule has 1 aromatic heterocycles. The third-order valence-corrected chi connectivity index (χ3v) is 7.75. The number of fused-ring (bicyclic) bond motifs is 4. The number of rotatable bonds is 4. The van der Waals surface area contributed by atoms with Gasteiger partial charge in [0.1, 0.15) is 5.82 Å². The van der Waals surface area contributed by atoms with Crippen LogP contribution in [0.5, 0.6) is 5.75 Å². The lowest BCUT2D eigenvalue weighted by molar-refractivity contribution is -0.119. The highest BCUT2D eigenvalue weighted by molar-refractivity contribution is 6.32. The van der Waals surface area contributed by atoms with Gasteiger partial charge in [0.15, 0.2) is 22.8 Å². The van der Waals surface area contributed by atoms with Gasteiger partial charge in [-0.25, -0.2) is 9.37 Å². The van der Waals surface area contributed by atoms with Crippen molar-refractivity contribution in [2.75, 3.05) is 17.3 Å². The van der Waals surface area contributed by atoms with E-state index in [1.54, 1.807) is 48.5 Å². The van der Waals surface area contributed by atoms with Crippen LogP contribution in [0.25, 0.3) is 11.4 Å². The molecule has 10 heteroatoms. The predicted octanol–water partition coefficient (Wildman–Crippen LogP) is 6.75. The normalized spacial score (nSPS) is 17.7. The Balaban J connectivity index is 1.75. The number of aromatic nitrogens is 2. The lowest BCUT2D eigenvalue weighted by atomic mass is 9.86. The SMILES string of the molecule is COc1c(F)cccc1-c1nc2c(n1C(C)C)[C@@]1(C(=O)Nc3cc(Cl)ccc31)N(c1cc(Cl)ccc1C)C2=O. The van der Waals surface area contributed by atoms with Crippen molar-refractivity contribution in [1.29, 1.82) is 0 Å². The third kappa shape index (κ3) is 3.38. The van der Waals surface area contributed by atoms with Crippen LogP contribution in [0.3, 0.4) is 0 Å². The van der Waals surface area contributed by atoms with E-state index in [-0.39, 0.29) is 17.5 Å². The number of carbonyl (C=O) groups is 2. The molecular weight excluding hydrogens is 542 g/mol. The first-order valence-electron chi connectivity index (χ1n) is 12.3. The molecule has 0 aliphatic carbocycles. The first-order valence-corrected chi connectivity index (χ1v) is 13.0. The summed E-state index contributed by atoms with van der Waals surface area (Å²) in [5.74, 6) is -1.17. The molecule has 6 rings (SSSR count). The maximum absolute atomic E-state index is 14.8. The number of halogens is 3. The van der Waals surface area contributed by atoms with Gasteiger partial charge in [0.05, 0.1) is 24.1 Å². The molecule has 2 aliphatic rings. The van der Waals surface area contributed by atoms with Crippen molar-refractivity contribution in [3.8, 4) is 17.1 Å². The maximum Gasteiger partial charge on any atom is 0.280 e. The fraction of sp³-hybridized carbons (Fsp3) is 0.207. The zero-order valence-electron chi connectivity index (χ0n) is 21.5. The smallest absolute Gasteiger partial charge is 0.280 e. The van der Waals surface area contributed by atoms with Gasteiger partial charge in [-0.2, -0.15) is 0 Å². The number of amides is 2. The standard InChI is InChI=1S/C29H23Cl2FN4O3/c1-14(2)35-25-23(34-26(35)18-6-5-7-20(32)24(18)39-4)27(37)36(22-13-17(31)9-8-15(22)3)29(25)19-11-10-16(30)12-21(19)33-28(29)38/h5-14H,1-4H3,(H,33,38)/t29-/m0/s1. The molecule has 2 aliphatic heterocycles. The van der Waals surface area contributed by atoms with Crippen molar-refractivity contribution >= 4 is 46.4 Å². The van der Waals surface area contributed by atoms with Crippen molar-refractivity contribution in [3.63, 3.8) is 0 Å². The van der Waals surface area contributed by atoms with Gasteiger partial charge in [0.2, 0.25) is 0 Å². The summed E-state index contributed by atoms with van der Waals surface area (Å²) in [6.07, 6.45) is 0. The number of carbonyl (C=O) groups excluding carboxylic acids is 2. The van der Waals surface area contributed by atoms with Crippen LogP contribution in [-0.2, 0) is 10.3 Å². The highest BCUT2D eigenvalue weighted by Gasteiger charge is 2.64. The topological polar surface area (TPSA) is 76.5 Å². The van der Waals surface area contributed by atoms with Crippen molar-refractivity contribution in [3.05, 3.63) is 93.0 Å². The Morgan fingerprint density at radius 1 is 1.05 bits per heavy atom. The minimum Gasteiger partial charge on any atom is -0.493 e. The quantitative estimate of drug-likeness (QED) is 0.297. The molecule has 0 bridgehead atoms. The Morgan fingerprint density at radius 3 is 2.49 bits per heavy atom. The predicted molar refractivity (Wildman–Crippen MR) is 148 cm³/mol. The number of hydrogen-bond donors (Lipinski definition) is 1. The minimum absolute atomic E-state index is 0.00447. The van der Waals surface area contributed by atoms with E-state index in [1.165, 1.54) is 18.1 Å². The molecule has 0 fully saturated rings. The van der Waals surface area contributed by atoms with Crippen LogP contribution in [0.1, 0.15) is 47.2 Å². The van der Waals surface area contributed by atoms with Gasteiger partial charge in [-0.1, -0.05) is 41.4 Å². The summed E-state index contributed by atoms with van der Waals surface area (Å²) in [5, 5.41) is 3.78. The summed E-state index contributed by atoms with van der Waals surface area (Å²) in [6.45, 7) is 5.68. The summed E-state index contributed by atoms with van der Waals surface area (Å²) in [7, 11) is 1.37. The molecule has 198 valence electrons. The number of anilines is 2. The van der Waals surface area contributed by atoms with Crippen LogP contribution in [0.4, 0.5) is 15.8 Å². The molecule has 2 amide bonds. The van der Waals surface area contributed by atoms with E-state index >= 15 is 0 Å². The van der Waals surface area contributed by atoms with Crippen LogP contribution in [-0.4, -0.2) is 28.5 Å². The Hall–Kier alpha value is -3.88. The molecular formula is C29H23Cl2FN4O3. The molecule has 4 aromatic rings. The highest BCUT2D eigenvalue weighted by atomic mass is 35.5. The molecule has 7 nitrogen and oxygen atoms in total. The lowest BCUT2D eigenvalue weighted by Crippen LogP contribution is -2.51. The largest absolute Gasteiger partial charge is 0.493 e. The highest BCUT2D eigenvalue weighted by Crippen LogP contribution is 2.55. The maximum atomic E-state index is 14.8. The van der Waals surface area contributed by atoms with Gasteiger partial charge in [-0.15, -0.1) is 0 Å². The molecule has 0 saturated carbocycles. The molecule has 3 aromatic carbocycles. The Morgan fingerprint density at radius 2 is 1.77 bits per heavy atom. The molecule has 0 saturated heterocycles. The summed E-state index contributed by atoms with van der Waals surface area (Å²) in [6, 6.07) is 14.5. The molecule has 1 N–H and O–H groups in total. The Bertz CT molecular complexity index is 1720. The van der Waals surface area contributed by atoms with E-state index in [9.17, 15) is 14.0 Å².